The van der Waals surface area contributed by atoms with Gasteiger partial charge in [-0.2, -0.15) is 0 Å². The Morgan fingerprint density at radius 1 is 1.07 bits per heavy atom. The fourth-order valence-corrected chi connectivity index (χ4v) is 6.57. The zero-order valence-electron chi connectivity index (χ0n) is 15.3. The number of amides is 2. The summed E-state index contributed by atoms with van der Waals surface area (Å²) in [5, 5.41) is 0.925. The number of rotatable bonds is 2. The van der Waals surface area contributed by atoms with Gasteiger partial charge in [0.1, 0.15) is 0 Å². The number of thioether (sulfide) groups is 1. The quantitative estimate of drug-likeness (QED) is 0.688. The lowest BCUT2D eigenvalue weighted by Crippen LogP contribution is -2.54. The summed E-state index contributed by atoms with van der Waals surface area (Å²) in [4.78, 5) is 29.7. The van der Waals surface area contributed by atoms with Gasteiger partial charge >= 0.3 is 0 Å². The maximum atomic E-state index is 13.2. The molecule has 0 radical (unpaired) electrons. The molecule has 1 aromatic carbocycles. The number of benzene rings is 1. The van der Waals surface area contributed by atoms with E-state index >= 15 is 0 Å². The fraction of sp³-hybridized carbons (Fsp3) is 0.600. The van der Waals surface area contributed by atoms with Crippen molar-refractivity contribution in [2.75, 3.05) is 25.4 Å². The van der Waals surface area contributed by atoms with Gasteiger partial charge in [-0.3, -0.25) is 9.59 Å². The highest BCUT2D eigenvalue weighted by molar-refractivity contribution is 8.00. The predicted octanol–water partition coefficient (Wildman–Crippen LogP) is 4.69. The van der Waals surface area contributed by atoms with Crippen LogP contribution in [0.15, 0.2) is 18.2 Å². The Balaban J connectivity index is 1.46. The summed E-state index contributed by atoms with van der Waals surface area (Å²) in [6.45, 7) is 2.19. The van der Waals surface area contributed by atoms with E-state index in [0.717, 1.165) is 51.1 Å². The van der Waals surface area contributed by atoms with Crippen LogP contribution in [-0.4, -0.2) is 51.9 Å². The second-order valence-electron chi connectivity index (χ2n) is 7.68. The molecular formula is C20H24Cl2N2O2S. The maximum Gasteiger partial charge on any atom is 0.256 e. The van der Waals surface area contributed by atoms with Crippen molar-refractivity contribution in [1.82, 2.24) is 9.80 Å². The summed E-state index contributed by atoms with van der Waals surface area (Å²) in [5.74, 6) is 1.44. The lowest BCUT2D eigenvalue weighted by molar-refractivity contribution is -0.137. The van der Waals surface area contributed by atoms with Gasteiger partial charge in [0, 0.05) is 36.3 Å². The fourth-order valence-electron chi connectivity index (χ4n) is 4.63. The maximum absolute atomic E-state index is 13.2. The third-order valence-corrected chi connectivity index (χ3v) is 8.25. The van der Waals surface area contributed by atoms with E-state index in [9.17, 15) is 9.59 Å². The van der Waals surface area contributed by atoms with Crippen LogP contribution in [0, 0.1) is 5.92 Å². The van der Waals surface area contributed by atoms with Gasteiger partial charge in [0.2, 0.25) is 5.91 Å². The number of nitrogens with zero attached hydrogens (tertiary/aromatic N) is 2. The van der Waals surface area contributed by atoms with E-state index in [0.29, 0.717) is 21.5 Å². The van der Waals surface area contributed by atoms with Crippen LogP contribution in [0.2, 0.25) is 10.0 Å². The van der Waals surface area contributed by atoms with Crippen LogP contribution >= 0.6 is 35.0 Å². The molecule has 146 valence electrons. The molecule has 4 rings (SSSR count). The van der Waals surface area contributed by atoms with E-state index < -0.39 is 0 Å². The van der Waals surface area contributed by atoms with Crippen molar-refractivity contribution in [3.63, 3.8) is 0 Å². The molecule has 2 heterocycles. The third kappa shape index (κ3) is 3.70. The van der Waals surface area contributed by atoms with Crippen molar-refractivity contribution >= 4 is 46.8 Å². The number of halogens is 2. The van der Waals surface area contributed by atoms with E-state index in [2.05, 4.69) is 0 Å². The van der Waals surface area contributed by atoms with Crippen LogP contribution in [0.1, 0.15) is 48.9 Å². The van der Waals surface area contributed by atoms with Crippen molar-refractivity contribution in [2.24, 2.45) is 5.92 Å². The molecule has 1 spiro atoms. The van der Waals surface area contributed by atoms with Crippen molar-refractivity contribution in [2.45, 2.75) is 43.4 Å². The molecule has 27 heavy (non-hydrogen) atoms. The average molecular weight is 427 g/mol. The van der Waals surface area contributed by atoms with Gasteiger partial charge in [-0.1, -0.05) is 36.0 Å². The van der Waals surface area contributed by atoms with Crippen LogP contribution in [0.4, 0.5) is 0 Å². The minimum atomic E-state index is -0.216. The summed E-state index contributed by atoms with van der Waals surface area (Å²) in [5.41, 5.74) is 0.507. The predicted molar refractivity (Wildman–Crippen MR) is 110 cm³/mol. The Morgan fingerprint density at radius 3 is 2.44 bits per heavy atom. The SMILES string of the molecule is O=C(C1CCCC1)N1CCC2(CC1)SCCN2C(=O)c1ccc(Cl)cc1Cl. The monoisotopic (exact) mass is 426 g/mol. The Hall–Kier alpha value is -0.910. The van der Waals surface area contributed by atoms with Gasteiger partial charge in [0.15, 0.2) is 0 Å². The van der Waals surface area contributed by atoms with E-state index in [1.54, 1.807) is 18.2 Å². The average Bonchev–Trinajstić information content (AvgIpc) is 3.32. The number of hydrogen-bond donors (Lipinski definition) is 0. The molecule has 3 fully saturated rings. The van der Waals surface area contributed by atoms with E-state index in [4.69, 9.17) is 23.2 Å². The van der Waals surface area contributed by atoms with Gasteiger partial charge in [-0.15, -0.1) is 11.8 Å². The second-order valence-corrected chi connectivity index (χ2v) is 9.98. The topological polar surface area (TPSA) is 40.6 Å². The first-order chi connectivity index (χ1) is 13.0. The Morgan fingerprint density at radius 2 is 1.78 bits per heavy atom. The number of carbonyl (C=O) groups is 2. The third-order valence-electron chi connectivity index (χ3n) is 6.15. The molecule has 7 heteroatoms. The van der Waals surface area contributed by atoms with Gasteiger partial charge < -0.3 is 9.80 Å². The summed E-state index contributed by atoms with van der Waals surface area (Å²) in [6.07, 6.45) is 6.08. The first kappa shape index (κ1) is 19.4. The first-order valence-corrected chi connectivity index (χ1v) is 11.4. The molecule has 0 N–H and O–H groups in total. The lowest BCUT2D eigenvalue weighted by Gasteiger charge is -2.44. The number of carbonyl (C=O) groups excluding carboxylic acids is 2. The van der Waals surface area contributed by atoms with Gasteiger partial charge in [-0.05, 0) is 43.9 Å². The number of likely N-dealkylation sites (tertiary alicyclic amines) is 1. The summed E-state index contributed by atoms with van der Waals surface area (Å²) < 4.78 is 0. The van der Waals surface area contributed by atoms with Crippen LogP contribution in [0.3, 0.4) is 0 Å². The zero-order valence-corrected chi connectivity index (χ0v) is 17.6. The Kier molecular flexibility index (Phi) is 5.64. The second kappa shape index (κ2) is 7.84. The van der Waals surface area contributed by atoms with Crippen molar-refractivity contribution in [3.8, 4) is 0 Å². The highest BCUT2D eigenvalue weighted by Gasteiger charge is 2.47. The normalized spacial score (nSPS) is 22.6. The molecular weight excluding hydrogens is 403 g/mol. The highest BCUT2D eigenvalue weighted by Crippen LogP contribution is 2.45. The van der Waals surface area contributed by atoms with Crippen molar-refractivity contribution < 1.29 is 9.59 Å². The number of hydrogen-bond acceptors (Lipinski definition) is 3. The molecule has 1 aliphatic carbocycles. The largest absolute Gasteiger partial charge is 0.342 e. The summed E-state index contributed by atoms with van der Waals surface area (Å²) in [6, 6.07) is 5.04. The lowest BCUT2D eigenvalue weighted by atomic mass is 9.98. The molecule has 3 aliphatic rings. The molecule has 1 saturated carbocycles. The first-order valence-electron chi connectivity index (χ1n) is 9.70. The summed E-state index contributed by atoms with van der Waals surface area (Å²) >= 11 is 14.1. The Bertz CT molecular complexity index is 743. The van der Waals surface area contributed by atoms with Gasteiger partial charge in [0.25, 0.3) is 5.91 Å². The number of piperidine rings is 1. The molecule has 2 saturated heterocycles. The smallest absolute Gasteiger partial charge is 0.256 e. The minimum Gasteiger partial charge on any atom is -0.342 e. The highest BCUT2D eigenvalue weighted by atomic mass is 35.5. The van der Waals surface area contributed by atoms with Crippen molar-refractivity contribution in [3.05, 3.63) is 33.8 Å². The summed E-state index contributed by atoms with van der Waals surface area (Å²) in [7, 11) is 0. The molecule has 2 aliphatic heterocycles. The van der Waals surface area contributed by atoms with Gasteiger partial charge in [-0.25, -0.2) is 0 Å². The van der Waals surface area contributed by atoms with Crippen LogP contribution in [0.5, 0.6) is 0 Å². The molecule has 0 atom stereocenters. The standard InChI is InChI=1S/C20H24Cl2N2O2S/c21-15-5-6-16(17(22)13-15)19(26)24-11-12-27-20(24)7-9-23(10-8-20)18(25)14-3-1-2-4-14/h5-6,13-14H,1-4,7-12H2. The van der Waals surface area contributed by atoms with Crippen LogP contribution in [-0.2, 0) is 4.79 Å². The van der Waals surface area contributed by atoms with Crippen LogP contribution < -0.4 is 0 Å². The van der Waals surface area contributed by atoms with Crippen LogP contribution in [0.25, 0.3) is 0 Å². The van der Waals surface area contributed by atoms with E-state index in [1.165, 1.54) is 12.8 Å². The van der Waals surface area contributed by atoms with E-state index in [1.807, 2.05) is 21.6 Å². The molecule has 1 aromatic rings. The van der Waals surface area contributed by atoms with Gasteiger partial charge in [0.05, 0.1) is 15.5 Å². The molecule has 0 aromatic heterocycles. The molecule has 2 amide bonds. The van der Waals surface area contributed by atoms with E-state index in [-0.39, 0.29) is 16.7 Å². The van der Waals surface area contributed by atoms with Crippen molar-refractivity contribution in [1.29, 1.82) is 0 Å². The molecule has 4 nitrogen and oxygen atoms in total. The molecule has 0 bridgehead atoms. The minimum absolute atomic E-state index is 0.0303. The zero-order chi connectivity index (χ0) is 19.0. The molecule has 0 unspecified atom stereocenters. The Labute approximate surface area is 174 Å².